The van der Waals surface area contributed by atoms with Crippen LogP contribution < -0.4 is 34.7 Å². The van der Waals surface area contributed by atoms with Crippen molar-refractivity contribution in [2.45, 2.75) is 95.5 Å². The van der Waals surface area contributed by atoms with Gasteiger partial charge in [-0.25, -0.2) is 4.79 Å². The summed E-state index contributed by atoms with van der Waals surface area (Å²) in [4.78, 5) is 33.5. The molecule has 158 valence electrons. The molecule has 0 heterocycles. The number of carbonyl (C=O) groups is 3. The van der Waals surface area contributed by atoms with Crippen LogP contribution in [0.15, 0.2) is 0 Å². The Kier molecular flexibility index (Phi) is 18.3. The van der Waals surface area contributed by atoms with Gasteiger partial charge in [0.05, 0.1) is 5.97 Å². The molecule has 0 bridgehead atoms. The zero-order chi connectivity index (χ0) is 20.8. The van der Waals surface area contributed by atoms with Gasteiger partial charge in [-0.05, 0) is 6.42 Å². The number of aliphatic hydroxyl groups excluding tert-OH is 4. The van der Waals surface area contributed by atoms with E-state index in [-0.39, 0.29) is 36.0 Å². The van der Waals surface area contributed by atoms with Crippen molar-refractivity contribution in [3.05, 3.63) is 0 Å². The Morgan fingerprint density at radius 3 is 1.68 bits per heavy atom. The van der Waals surface area contributed by atoms with Crippen LogP contribution >= 0.6 is 0 Å². The van der Waals surface area contributed by atoms with Crippen LogP contribution in [0, 0.1) is 0 Å². The smallest absolute Gasteiger partial charge is 0.547 e. The van der Waals surface area contributed by atoms with Crippen LogP contribution in [0.25, 0.3) is 0 Å². The average molecular weight is 414 g/mol. The Hall–Kier alpha value is -0.550. The Morgan fingerprint density at radius 2 is 1.21 bits per heavy atom. The first kappa shape index (κ1) is 29.6. The summed E-state index contributed by atoms with van der Waals surface area (Å²) in [6.07, 6.45) is -0.351. The molecule has 28 heavy (non-hydrogen) atoms. The maximum absolute atomic E-state index is 11.5. The normalized spacial score (nSPS) is 15.0. The van der Waals surface area contributed by atoms with Crippen molar-refractivity contribution < 1.29 is 74.2 Å². The molecular formula is C18H31NaO9. The number of esters is 2. The number of unbranched alkanes of at least 4 members (excludes halogenated alkanes) is 8. The zero-order valence-electron chi connectivity index (χ0n) is 16.7. The van der Waals surface area contributed by atoms with Crippen molar-refractivity contribution in [3.8, 4) is 0 Å². The van der Waals surface area contributed by atoms with Crippen LogP contribution in [0.4, 0.5) is 0 Å². The van der Waals surface area contributed by atoms with E-state index in [4.69, 9.17) is 5.11 Å². The number of aliphatic hydroxyl groups is 4. The van der Waals surface area contributed by atoms with Gasteiger partial charge in [-0.1, -0.05) is 58.3 Å². The van der Waals surface area contributed by atoms with Gasteiger partial charge in [-0.2, -0.15) is 0 Å². The quantitative estimate of drug-likeness (QED) is 0.0909. The van der Waals surface area contributed by atoms with Crippen LogP contribution in [0.1, 0.15) is 71.1 Å². The van der Waals surface area contributed by atoms with E-state index >= 15 is 0 Å². The van der Waals surface area contributed by atoms with Gasteiger partial charge in [0.15, 0.2) is 6.10 Å². The minimum absolute atomic E-state index is 0. The van der Waals surface area contributed by atoms with Gasteiger partial charge in [0.1, 0.15) is 18.3 Å². The summed E-state index contributed by atoms with van der Waals surface area (Å²) in [6, 6.07) is 0. The van der Waals surface area contributed by atoms with Crippen molar-refractivity contribution in [2.24, 2.45) is 0 Å². The topological polar surface area (TPSA) is 164 Å². The van der Waals surface area contributed by atoms with Crippen LogP contribution in [-0.2, 0) is 19.1 Å². The molecule has 0 aromatic rings. The standard InChI is InChI=1S/C18H32O9.Na/c1-2-3-4-5-6-7-8-9-10-11-12(19)27-18(26)16(23)14(21)13(20)15(22)17(24)25;/h13-16,20-23H,2-11H2,1H3,(H,24,25);/q;+1/p-1. The first-order valence-electron chi connectivity index (χ1n) is 9.40. The molecular weight excluding hydrogens is 383 g/mol. The van der Waals surface area contributed by atoms with Crippen LogP contribution in [-0.4, -0.2) is 62.7 Å². The van der Waals surface area contributed by atoms with Gasteiger partial charge in [0.25, 0.3) is 0 Å². The second kappa shape index (κ2) is 17.3. The van der Waals surface area contributed by atoms with E-state index in [1.54, 1.807) is 0 Å². The number of aliphatic carboxylic acids is 1. The van der Waals surface area contributed by atoms with Crippen molar-refractivity contribution in [3.63, 3.8) is 0 Å². The maximum atomic E-state index is 11.5. The fraction of sp³-hybridized carbons (Fsp3) is 0.833. The number of rotatable bonds is 15. The number of hydrogen-bond donors (Lipinski definition) is 4. The second-order valence-electron chi connectivity index (χ2n) is 6.56. The van der Waals surface area contributed by atoms with Gasteiger partial charge >= 0.3 is 41.5 Å². The molecule has 10 heteroatoms. The zero-order valence-corrected chi connectivity index (χ0v) is 18.7. The third kappa shape index (κ3) is 12.8. The average Bonchev–Trinajstić information content (AvgIpc) is 2.63. The Morgan fingerprint density at radius 1 is 0.786 bits per heavy atom. The van der Waals surface area contributed by atoms with Gasteiger partial charge in [-0.15, -0.1) is 0 Å². The number of carbonyl (C=O) groups excluding carboxylic acids is 3. The van der Waals surface area contributed by atoms with Gasteiger partial charge < -0.3 is 35.1 Å². The first-order valence-corrected chi connectivity index (χ1v) is 9.40. The van der Waals surface area contributed by atoms with E-state index < -0.39 is 42.3 Å². The number of carboxylic acid groups (broad SMARTS) is 1. The van der Waals surface area contributed by atoms with Gasteiger partial charge in [0, 0.05) is 6.42 Å². The Labute approximate surface area is 187 Å². The van der Waals surface area contributed by atoms with Crippen LogP contribution in [0.5, 0.6) is 0 Å². The van der Waals surface area contributed by atoms with Gasteiger partial charge in [0.2, 0.25) is 0 Å². The second-order valence-corrected chi connectivity index (χ2v) is 6.56. The van der Waals surface area contributed by atoms with Crippen molar-refractivity contribution in [1.29, 1.82) is 0 Å². The third-order valence-electron chi connectivity index (χ3n) is 4.18. The Bertz CT molecular complexity index is 458. The van der Waals surface area contributed by atoms with Crippen LogP contribution in [0.2, 0.25) is 0 Å². The van der Waals surface area contributed by atoms with Gasteiger partial charge in [-0.3, -0.25) is 4.79 Å². The molecule has 4 atom stereocenters. The molecule has 0 aliphatic heterocycles. The maximum Gasteiger partial charge on any atom is 1.00 e. The first-order chi connectivity index (χ1) is 12.7. The van der Waals surface area contributed by atoms with Crippen molar-refractivity contribution >= 4 is 17.9 Å². The van der Waals surface area contributed by atoms with E-state index in [0.717, 1.165) is 25.7 Å². The molecule has 0 aromatic heterocycles. The molecule has 0 radical (unpaired) electrons. The molecule has 0 saturated carbocycles. The molecule has 4 N–H and O–H groups in total. The SMILES string of the molecule is CCCCCCCCCCCC(=O)OC(=O)C(O)C(O)C(O)C(O)C(=O)[O-].[Na+]. The molecule has 0 aromatic carbocycles. The molecule has 9 nitrogen and oxygen atoms in total. The summed E-state index contributed by atoms with van der Waals surface area (Å²) in [5, 5.41) is 47.7. The number of ether oxygens (including phenoxy) is 1. The minimum Gasteiger partial charge on any atom is -0.547 e. The fourth-order valence-electron chi connectivity index (χ4n) is 2.46. The number of carboxylic acids is 1. The molecule has 0 aliphatic carbocycles. The molecule has 0 amide bonds. The van der Waals surface area contributed by atoms with E-state index in [9.17, 15) is 34.8 Å². The summed E-state index contributed by atoms with van der Waals surface area (Å²) in [6.45, 7) is 2.16. The number of hydrogen-bond acceptors (Lipinski definition) is 9. The van der Waals surface area contributed by atoms with Crippen LogP contribution in [0.3, 0.4) is 0 Å². The molecule has 0 rings (SSSR count). The van der Waals surface area contributed by atoms with E-state index in [2.05, 4.69) is 11.7 Å². The summed E-state index contributed by atoms with van der Waals surface area (Å²) in [7, 11) is 0. The molecule has 4 unspecified atom stereocenters. The van der Waals surface area contributed by atoms with E-state index in [1.165, 1.54) is 25.7 Å². The van der Waals surface area contributed by atoms with E-state index in [0.29, 0.717) is 6.42 Å². The molecule has 0 aliphatic rings. The molecule has 0 spiro atoms. The Balaban J connectivity index is 0. The molecule has 0 saturated heterocycles. The predicted octanol–water partition coefficient (Wildman–Crippen LogP) is -3.83. The summed E-state index contributed by atoms with van der Waals surface area (Å²) < 4.78 is 4.35. The molecule has 0 fully saturated rings. The third-order valence-corrected chi connectivity index (χ3v) is 4.18. The summed E-state index contributed by atoms with van der Waals surface area (Å²) in [5.41, 5.74) is 0. The monoisotopic (exact) mass is 414 g/mol. The van der Waals surface area contributed by atoms with Crippen molar-refractivity contribution in [2.75, 3.05) is 0 Å². The van der Waals surface area contributed by atoms with E-state index in [1.807, 2.05) is 0 Å². The predicted molar refractivity (Wildman–Crippen MR) is 92.0 cm³/mol. The van der Waals surface area contributed by atoms with Crippen molar-refractivity contribution in [1.82, 2.24) is 0 Å². The summed E-state index contributed by atoms with van der Waals surface area (Å²) >= 11 is 0. The minimum atomic E-state index is -2.51. The largest absolute Gasteiger partial charge is 1.00 e. The fourth-order valence-corrected chi connectivity index (χ4v) is 2.46. The summed E-state index contributed by atoms with van der Waals surface area (Å²) in [5.74, 6) is -4.53.